The van der Waals surface area contributed by atoms with E-state index in [1.165, 1.54) is 0 Å². The molecule has 2 aliphatic rings. The van der Waals surface area contributed by atoms with E-state index in [2.05, 4.69) is 17.5 Å². The molecule has 2 aromatic carbocycles. The number of ether oxygens (including phenoxy) is 1. The topological polar surface area (TPSA) is 55.4 Å². The Morgan fingerprint density at radius 3 is 2.32 bits per heavy atom. The Hall–Kier alpha value is -2.88. The van der Waals surface area contributed by atoms with E-state index in [0.717, 1.165) is 24.0 Å². The summed E-state index contributed by atoms with van der Waals surface area (Å²) in [7, 11) is 0. The zero-order valence-corrected chi connectivity index (χ0v) is 16.2. The largest absolute Gasteiger partial charge is 0.447 e. The monoisotopic (exact) mass is 375 g/mol. The van der Waals surface area contributed by atoms with Gasteiger partial charge in [-0.25, -0.2) is 0 Å². The lowest BCUT2D eigenvalue weighted by Gasteiger charge is -2.22. The minimum absolute atomic E-state index is 0.143. The maximum atomic E-state index is 13.0. The van der Waals surface area contributed by atoms with Crippen LogP contribution >= 0.6 is 0 Å². The summed E-state index contributed by atoms with van der Waals surface area (Å²) in [4.78, 5) is 25.9. The van der Waals surface area contributed by atoms with Gasteiger partial charge in [0.15, 0.2) is 0 Å². The van der Waals surface area contributed by atoms with E-state index in [1.54, 1.807) is 0 Å². The first-order chi connectivity index (χ1) is 13.5. The molecule has 1 amide bonds. The first kappa shape index (κ1) is 18.5. The first-order valence-corrected chi connectivity index (χ1v) is 9.82. The highest BCUT2D eigenvalue weighted by atomic mass is 16.5. The number of aryl methyl sites for hydroxylation is 2. The zero-order valence-electron chi connectivity index (χ0n) is 16.2. The molecule has 1 fully saturated rings. The number of allylic oxidation sites excluding steroid dienone is 2. The molecule has 0 heterocycles. The third-order valence-corrected chi connectivity index (χ3v) is 5.65. The molecule has 0 aromatic heterocycles. The maximum Gasteiger partial charge on any atom is 0.310 e. The normalized spacial score (nSPS) is 23.4. The molecule has 0 spiro atoms. The van der Waals surface area contributed by atoms with Crippen LogP contribution in [0.5, 0.6) is 0 Å². The SMILES string of the molecule is Cc1cc(C)cc(NC(=O)[C@H](OC(=O)[C@@H]2C[C@H]3C=C[C@H]2C3)c2ccccc2)c1. The molecule has 4 heteroatoms. The van der Waals surface area contributed by atoms with Gasteiger partial charge in [-0.1, -0.05) is 48.6 Å². The molecule has 1 N–H and O–H groups in total. The molecule has 0 radical (unpaired) electrons. The van der Waals surface area contributed by atoms with Crippen LogP contribution in [-0.2, 0) is 14.3 Å². The highest BCUT2D eigenvalue weighted by Crippen LogP contribution is 2.44. The van der Waals surface area contributed by atoms with Crippen molar-refractivity contribution in [2.24, 2.45) is 17.8 Å². The lowest BCUT2D eigenvalue weighted by molar-refractivity contribution is -0.159. The van der Waals surface area contributed by atoms with Crippen molar-refractivity contribution in [1.82, 2.24) is 0 Å². The summed E-state index contributed by atoms with van der Waals surface area (Å²) >= 11 is 0. The summed E-state index contributed by atoms with van der Waals surface area (Å²) in [5.74, 6) is -0.0296. The molecule has 28 heavy (non-hydrogen) atoms. The van der Waals surface area contributed by atoms with E-state index in [4.69, 9.17) is 4.74 Å². The van der Waals surface area contributed by atoms with Gasteiger partial charge in [0.25, 0.3) is 5.91 Å². The molecule has 4 atom stereocenters. The fraction of sp³-hybridized carbons (Fsp3) is 0.333. The van der Waals surface area contributed by atoms with Crippen molar-refractivity contribution in [2.45, 2.75) is 32.8 Å². The van der Waals surface area contributed by atoms with E-state index in [9.17, 15) is 9.59 Å². The Kier molecular flexibility index (Phi) is 5.03. The maximum absolute atomic E-state index is 13.0. The van der Waals surface area contributed by atoms with E-state index in [0.29, 0.717) is 17.2 Å². The number of carbonyl (C=O) groups is 2. The molecule has 0 aliphatic heterocycles. The van der Waals surface area contributed by atoms with Gasteiger partial charge >= 0.3 is 5.97 Å². The van der Waals surface area contributed by atoms with E-state index < -0.39 is 6.10 Å². The van der Waals surface area contributed by atoms with Crippen molar-refractivity contribution in [1.29, 1.82) is 0 Å². The Labute approximate surface area is 165 Å². The minimum atomic E-state index is -0.961. The number of hydrogen-bond acceptors (Lipinski definition) is 3. The number of hydrogen-bond donors (Lipinski definition) is 1. The van der Waals surface area contributed by atoms with Gasteiger partial charge < -0.3 is 10.1 Å². The molecule has 2 bridgehead atoms. The second kappa shape index (κ2) is 7.63. The molecule has 2 aromatic rings. The molecule has 4 nitrogen and oxygen atoms in total. The number of nitrogens with one attached hydrogen (secondary N) is 1. The highest BCUT2D eigenvalue weighted by Gasteiger charge is 2.42. The van der Waals surface area contributed by atoms with Crippen LogP contribution in [-0.4, -0.2) is 11.9 Å². The molecule has 0 saturated heterocycles. The molecule has 0 unspecified atom stereocenters. The molecule has 4 rings (SSSR count). The number of amides is 1. The van der Waals surface area contributed by atoms with Gasteiger partial charge in [0.05, 0.1) is 5.92 Å². The fourth-order valence-corrected chi connectivity index (χ4v) is 4.41. The van der Waals surface area contributed by atoms with Gasteiger partial charge in [-0.15, -0.1) is 0 Å². The lowest BCUT2D eigenvalue weighted by atomic mass is 9.93. The standard InChI is InChI=1S/C24H25NO3/c1-15-10-16(2)12-20(11-15)25-23(26)22(18-6-4-3-5-7-18)28-24(27)21-14-17-8-9-19(21)13-17/h3-12,17,19,21-22H,13-14H2,1-2H3,(H,25,26)/t17-,19-,21+,22+/m0/s1. The van der Waals surface area contributed by atoms with Crippen LogP contribution in [0.4, 0.5) is 5.69 Å². The summed E-state index contributed by atoms with van der Waals surface area (Å²) in [5.41, 5.74) is 3.52. The molecular weight excluding hydrogens is 350 g/mol. The highest BCUT2D eigenvalue weighted by molar-refractivity contribution is 5.96. The van der Waals surface area contributed by atoms with Crippen LogP contribution in [0.1, 0.15) is 35.6 Å². The van der Waals surface area contributed by atoms with Crippen molar-refractivity contribution in [2.75, 3.05) is 5.32 Å². The molecule has 144 valence electrons. The number of benzene rings is 2. The summed E-state index contributed by atoms with van der Waals surface area (Å²) in [6.45, 7) is 3.97. The fourth-order valence-electron chi connectivity index (χ4n) is 4.41. The van der Waals surface area contributed by atoms with Crippen molar-refractivity contribution in [3.05, 3.63) is 77.4 Å². The Balaban J connectivity index is 1.54. The van der Waals surface area contributed by atoms with Gasteiger partial charge in [-0.3, -0.25) is 9.59 Å². The third kappa shape index (κ3) is 3.86. The average molecular weight is 375 g/mol. The minimum Gasteiger partial charge on any atom is -0.447 e. The summed E-state index contributed by atoms with van der Waals surface area (Å²) in [6, 6.07) is 15.1. The number of anilines is 1. The van der Waals surface area contributed by atoms with Crippen molar-refractivity contribution >= 4 is 17.6 Å². The molecule has 1 saturated carbocycles. The summed E-state index contributed by atoms with van der Waals surface area (Å²) in [6.07, 6.45) is 5.19. The van der Waals surface area contributed by atoms with Crippen molar-refractivity contribution < 1.29 is 14.3 Å². The van der Waals surface area contributed by atoms with Gasteiger partial charge in [0.2, 0.25) is 6.10 Å². The lowest BCUT2D eigenvalue weighted by Crippen LogP contribution is -2.30. The van der Waals surface area contributed by atoms with Crippen molar-refractivity contribution in [3.63, 3.8) is 0 Å². The predicted molar refractivity (Wildman–Crippen MR) is 109 cm³/mol. The third-order valence-electron chi connectivity index (χ3n) is 5.65. The van der Waals surface area contributed by atoms with E-state index >= 15 is 0 Å². The van der Waals surface area contributed by atoms with Gasteiger partial charge in [-0.2, -0.15) is 0 Å². The number of carbonyl (C=O) groups excluding carboxylic acids is 2. The van der Waals surface area contributed by atoms with Crippen LogP contribution in [0, 0.1) is 31.6 Å². The number of esters is 1. The van der Waals surface area contributed by atoms with E-state index in [1.807, 2.05) is 62.4 Å². The summed E-state index contributed by atoms with van der Waals surface area (Å²) in [5, 5.41) is 2.92. The molecule has 2 aliphatic carbocycles. The molecular formula is C24H25NO3. The van der Waals surface area contributed by atoms with Crippen LogP contribution < -0.4 is 5.32 Å². The summed E-state index contributed by atoms with van der Waals surface area (Å²) < 4.78 is 5.78. The zero-order chi connectivity index (χ0) is 19.7. The first-order valence-electron chi connectivity index (χ1n) is 9.82. The van der Waals surface area contributed by atoms with Crippen molar-refractivity contribution in [3.8, 4) is 0 Å². The second-order valence-corrected chi connectivity index (χ2v) is 7.98. The predicted octanol–water partition coefficient (Wildman–Crippen LogP) is 4.74. The number of fused-ring (bicyclic) bond motifs is 2. The van der Waals surface area contributed by atoms with Crippen LogP contribution in [0.3, 0.4) is 0 Å². The van der Waals surface area contributed by atoms with Crippen LogP contribution in [0.2, 0.25) is 0 Å². The Morgan fingerprint density at radius 1 is 1.00 bits per heavy atom. The van der Waals surface area contributed by atoms with Crippen LogP contribution in [0.15, 0.2) is 60.7 Å². The van der Waals surface area contributed by atoms with E-state index in [-0.39, 0.29) is 23.7 Å². The average Bonchev–Trinajstić information content (AvgIpc) is 3.29. The Bertz CT molecular complexity index is 898. The van der Waals surface area contributed by atoms with Gasteiger partial charge in [0, 0.05) is 11.3 Å². The second-order valence-electron chi connectivity index (χ2n) is 7.98. The Morgan fingerprint density at radius 2 is 1.71 bits per heavy atom. The van der Waals surface area contributed by atoms with Gasteiger partial charge in [-0.05, 0) is 61.8 Å². The number of rotatable bonds is 5. The van der Waals surface area contributed by atoms with Crippen LogP contribution in [0.25, 0.3) is 0 Å². The van der Waals surface area contributed by atoms with Gasteiger partial charge in [0.1, 0.15) is 0 Å². The smallest absolute Gasteiger partial charge is 0.310 e. The quantitative estimate of drug-likeness (QED) is 0.607.